The van der Waals surface area contributed by atoms with E-state index in [0.717, 1.165) is 0 Å². The molecule has 0 aromatic heterocycles. The van der Waals surface area contributed by atoms with E-state index in [9.17, 15) is 29.3 Å². The molecule has 14 heteroatoms. The maximum atomic E-state index is 13.6. The quantitative estimate of drug-likeness (QED) is 0.0751. The molecule has 0 radical (unpaired) electrons. The van der Waals surface area contributed by atoms with Crippen LogP contribution in [0.1, 0.15) is 49.9 Å². The first-order chi connectivity index (χ1) is 20.5. The second kappa shape index (κ2) is 15.3. The Balaban J connectivity index is 1.73. The molecule has 43 heavy (non-hydrogen) atoms. The van der Waals surface area contributed by atoms with Crippen LogP contribution in [0, 0.1) is 16.0 Å². The van der Waals surface area contributed by atoms with Gasteiger partial charge in [-0.25, -0.2) is 0 Å². The summed E-state index contributed by atoms with van der Waals surface area (Å²) < 4.78 is 0. The normalized spacial score (nSPS) is 15.7. The molecule has 0 bridgehead atoms. The molecule has 0 spiro atoms. The number of guanidine groups is 1. The summed E-state index contributed by atoms with van der Waals surface area (Å²) in [4.78, 5) is 68.9. The Hall–Kier alpha value is -5.01. The SMILES string of the molecule is CC(C)[C@H](NC(=O)c1ccccc1)C(=O)N1CCC[C@H]1C(=O)N[C@@H](CCCN=C(N)N)C(=O)Nc1ccc([N+](=O)[O-])cc1. The highest BCUT2D eigenvalue weighted by Crippen LogP contribution is 2.22. The molecule has 1 saturated heterocycles. The lowest BCUT2D eigenvalue weighted by Gasteiger charge is -2.31. The Bertz CT molecular complexity index is 1330. The highest BCUT2D eigenvalue weighted by atomic mass is 16.6. The molecule has 14 nitrogen and oxygen atoms in total. The number of hydrogen-bond acceptors (Lipinski definition) is 7. The summed E-state index contributed by atoms with van der Waals surface area (Å²) >= 11 is 0. The van der Waals surface area contributed by atoms with Crippen molar-refractivity contribution in [2.75, 3.05) is 18.4 Å². The van der Waals surface area contributed by atoms with Crippen molar-refractivity contribution in [3.8, 4) is 0 Å². The van der Waals surface area contributed by atoms with E-state index in [1.807, 2.05) is 13.8 Å². The van der Waals surface area contributed by atoms with Gasteiger partial charge in [0.05, 0.1) is 4.92 Å². The molecule has 1 aliphatic heterocycles. The van der Waals surface area contributed by atoms with E-state index in [-0.39, 0.29) is 36.4 Å². The van der Waals surface area contributed by atoms with Crippen LogP contribution in [0.25, 0.3) is 0 Å². The van der Waals surface area contributed by atoms with Gasteiger partial charge in [-0.2, -0.15) is 0 Å². The van der Waals surface area contributed by atoms with Crippen molar-refractivity contribution in [2.24, 2.45) is 22.4 Å². The highest BCUT2D eigenvalue weighted by molar-refractivity contribution is 6.00. The number of rotatable bonds is 13. The molecule has 7 N–H and O–H groups in total. The number of carbonyl (C=O) groups is 4. The van der Waals surface area contributed by atoms with Crippen molar-refractivity contribution in [2.45, 2.75) is 57.7 Å². The zero-order chi connectivity index (χ0) is 31.5. The third-order valence-corrected chi connectivity index (χ3v) is 7.02. The Labute approximate surface area is 249 Å². The van der Waals surface area contributed by atoms with Crippen LogP contribution >= 0.6 is 0 Å². The lowest BCUT2D eigenvalue weighted by Crippen LogP contribution is -2.57. The average Bonchev–Trinajstić information content (AvgIpc) is 3.47. The van der Waals surface area contributed by atoms with Crippen molar-refractivity contribution in [1.82, 2.24) is 15.5 Å². The highest BCUT2D eigenvalue weighted by Gasteiger charge is 2.39. The summed E-state index contributed by atoms with van der Waals surface area (Å²) in [5.74, 6) is -2.17. The van der Waals surface area contributed by atoms with Crippen LogP contribution in [0.3, 0.4) is 0 Å². The third-order valence-electron chi connectivity index (χ3n) is 7.02. The molecule has 230 valence electrons. The van der Waals surface area contributed by atoms with Gasteiger partial charge in [0.2, 0.25) is 17.7 Å². The van der Waals surface area contributed by atoms with E-state index >= 15 is 0 Å². The molecule has 3 rings (SSSR count). The number of non-ortho nitro benzene ring substituents is 1. The Morgan fingerprint density at radius 1 is 1.05 bits per heavy atom. The van der Waals surface area contributed by atoms with Crippen LogP contribution in [0.5, 0.6) is 0 Å². The van der Waals surface area contributed by atoms with Gasteiger partial charge in [-0.1, -0.05) is 32.0 Å². The predicted molar refractivity (Wildman–Crippen MR) is 161 cm³/mol. The summed E-state index contributed by atoms with van der Waals surface area (Å²) in [7, 11) is 0. The van der Waals surface area contributed by atoms with Gasteiger partial charge in [0.15, 0.2) is 5.96 Å². The number of nitrogens with zero attached hydrogens (tertiary/aromatic N) is 3. The van der Waals surface area contributed by atoms with E-state index in [1.54, 1.807) is 30.3 Å². The summed E-state index contributed by atoms with van der Waals surface area (Å²) in [5, 5.41) is 19.2. The van der Waals surface area contributed by atoms with Gasteiger partial charge in [-0.05, 0) is 55.9 Å². The van der Waals surface area contributed by atoms with Crippen molar-refractivity contribution in [1.29, 1.82) is 0 Å². The van der Waals surface area contributed by atoms with Gasteiger partial charge in [-0.3, -0.25) is 34.3 Å². The smallest absolute Gasteiger partial charge is 0.269 e. The minimum absolute atomic E-state index is 0.102. The maximum Gasteiger partial charge on any atom is 0.269 e. The number of benzene rings is 2. The lowest BCUT2D eigenvalue weighted by molar-refractivity contribution is -0.384. The molecule has 2 aromatic rings. The minimum Gasteiger partial charge on any atom is -0.370 e. The predicted octanol–water partition coefficient (Wildman–Crippen LogP) is 1.52. The number of hydrogen-bond donors (Lipinski definition) is 5. The number of nitro groups is 1. The summed E-state index contributed by atoms with van der Waals surface area (Å²) in [5.41, 5.74) is 11.4. The van der Waals surface area contributed by atoms with Gasteiger partial charge in [0.1, 0.15) is 18.1 Å². The topological polar surface area (TPSA) is 215 Å². The first kappa shape index (κ1) is 32.5. The van der Waals surface area contributed by atoms with Gasteiger partial charge >= 0.3 is 0 Å². The third kappa shape index (κ3) is 9.24. The fraction of sp³-hybridized carbons (Fsp3) is 0.414. The van der Waals surface area contributed by atoms with Crippen molar-refractivity contribution >= 4 is 41.0 Å². The van der Waals surface area contributed by atoms with Gasteiger partial charge in [-0.15, -0.1) is 0 Å². The molecule has 1 fully saturated rings. The Morgan fingerprint density at radius 3 is 2.33 bits per heavy atom. The summed E-state index contributed by atoms with van der Waals surface area (Å²) in [6, 6.07) is 11.1. The zero-order valence-electron chi connectivity index (χ0n) is 24.2. The maximum absolute atomic E-state index is 13.6. The van der Waals surface area contributed by atoms with Crippen molar-refractivity contribution < 1.29 is 24.1 Å². The fourth-order valence-corrected chi connectivity index (χ4v) is 4.75. The van der Waals surface area contributed by atoms with Crippen molar-refractivity contribution in [3.63, 3.8) is 0 Å². The first-order valence-corrected chi connectivity index (χ1v) is 14.1. The standard InChI is InChI=1S/C29H38N8O6/c1-18(2)24(35-25(38)19-8-4-3-5-9-19)28(41)36-17-7-11-23(36)27(40)34-22(10-6-16-32-29(30)31)26(39)33-20-12-14-21(15-13-20)37(42)43/h3-5,8-9,12-15,18,22-24H,6-7,10-11,16-17H2,1-2H3,(H,33,39)(H,34,40)(H,35,38)(H4,30,31,32)/t22-,23-,24-/m0/s1. The molecule has 3 atom stereocenters. The molecule has 1 heterocycles. The Morgan fingerprint density at radius 2 is 1.72 bits per heavy atom. The number of amides is 4. The largest absolute Gasteiger partial charge is 0.370 e. The number of nitrogens with one attached hydrogen (secondary N) is 3. The zero-order valence-corrected chi connectivity index (χ0v) is 24.2. The second-order valence-corrected chi connectivity index (χ2v) is 10.6. The van der Waals surface area contributed by atoms with E-state index in [4.69, 9.17) is 11.5 Å². The summed E-state index contributed by atoms with van der Waals surface area (Å²) in [6.07, 6.45) is 1.51. The van der Waals surface area contributed by atoms with E-state index in [1.165, 1.54) is 29.2 Å². The molecular weight excluding hydrogens is 556 g/mol. The number of nitrogens with two attached hydrogens (primary N) is 2. The second-order valence-electron chi connectivity index (χ2n) is 10.6. The number of likely N-dealkylation sites (tertiary alicyclic amines) is 1. The van der Waals surface area contributed by atoms with Crippen LogP contribution in [0.4, 0.5) is 11.4 Å². The van der Waals surface area contributed by atoms with Crippen molar-refractivity contribution in [3.05, 3.63) is 70.3 Å². The number of aliphatic imine (C=N–C) groups is 1. The van der Waals surface area contributed by atoms with Crippen LogP contribution in [-0.4, -0.2) is 70.6 Å². The fourth-order valence-electron chi connectivity index (χ4n) is 4.75. The minimum atomic E-state index is -1.01. The molecule has 0 unspecified atom stereocenters. The van der Waals surface area contributed by atoms with E-state index in [2.05, 4.69) is 20.9 Å². The molecule has 2 aromatic carbocycles. The van der Waals surface area contributed by atoms with Crippen LogP contribution < -0.4 is 27.4 Å². The lowest BCUT2D eigenvalue weighted by atomic mass is 10.0. The molecular formula is C29H38N8O6. The first-order valence-electron chi connectivity index (χ1n) is 14.1. The number of anilines is 1. The molecule has 4 amide bonds. The number of carbonyl (C=O) groups excluding carboxylic acids is 4. The van der Waals surface area contributed by atoms with Crippen LogP contribution in [0.15, 0.2) is 59.6 Å². The molecule has 0 aliphatic carbocycles. The van der Waals surface area contributed by atoms with Gasteiger partial charge in [0, 0.05) is 36.5 Å². The monoisotopic (exact) mass is 594 g/mol. The molecule has 1 aliphatic rings. The van der Waals surface area contributed by atoms with Crippen LogP contribution in [-0.2, 0) is 14.4 Å². The Kier molecular flexibility index (Phi) is 11.6. The van der Waals surface area contributed by atoms with E-state index < -0.39 is 40.8 Å². The average molecular weight is 595 g/mol. The number of nitro benzene ring substituents is 1. The molecule has 0 saturated carbocycles. The van der Waals surface area contributed by atoms with Gasteiger partial charge in [0.25, 0.3) is 11.6 Å². The summed E-state index contributed by atoms with van der Waals surface area (Å²) in [6.45, 7) is 4.18. The van der Waals surface area contributed by atoms with Crippen LogP contribution in [0.2, 0.25) is 0 Å². The van der Waals surface area contributed by atoms with E-state index in [0.29, 0.717) is 37.1 Å². The van der Waals surface area contributed by atoms with Gasteiger partial charge < -0.3 is 32.3 Å².